The van der Waals surface area contributed by atoms with E-state index in [0.29, 0.717) is 17.1 Å². The molecule has 0 bridgehead atoms. The highest BCUT2D eigenvalue weighted by Crippen LogP contribution is 2.29. The van der Waals surface area contributed by atoms with Crippen LogP contribution in [0.3, 0.4) is 0 Å². The molecule has 0 aliphatic carbocycles. The largest absolute Gasteiger partial charge is 0.405 e. The molecule has 0 saturated heterocycles. The maximum Gasteiger partial charge on any atom is 0.405 e. The summed E-state index contributed by atoms with van der Waals surface area (Å²) in [6.07, 6.45) is -4.26. The van der Waals surface area contributed by atoms with Crippen molar-refractivity contribution in [1.29, 1.82) is 0 Å². The van der Waals surface area contributed by atoms with Gasteiger partial charge in [0.1, 0.15) is 12.4 Å². The van der Waals surface area contributed by atoms with Crippen molar-refractivity contribution >= 4 is 17.4 Å². The summed E-state index contributed by atoms with van der Waals surface area (Å²) in [6.45, 7) is 4.17. The van der Waals surface area contributed by atoms with Crippen molar-refractivity contribution in [2.75, 3.05) is 11.4 Å². The number of aromatic nitrogens is 2. The molecule has 0 saturated carbocycles. The predicted molar refractivity (Wildman–Crippen MR) is 66.0 cm³/mol. The first-order valence-corrected chi connectivity index (χ1v) is 6.12. The van der Waals surface area contributed by atoms with Crippen molar-refractivity contribution in [3.05, 3.63) is 11.3 Å². The van der Waals surface area contributed by atoms with E-state index < -0.39 is 12.7 Å². The summed E-state index contributed by atoms with van der Waals surface area (Å²) < 4.78 is 39.3. The second-order valence-electron chi connectivity index (χ2n) is 4.48. The molecule has 0 atom stereocenters. The van der Waals surface area contributed by atoms with Gasteiger partial charge in [-0.05, 0) is 20.8 Å². The monoisotopic (exact) mass is 283 g/mol. The van der Waals surface area contributed by atoms with E-state index in [1.54, 1.807) is 27.8 Å². The molecule has 0 aliphatic rings. The summed E-state index contributed by atoms with van der Waals surface area (Å²) in [7, 11) is 1.63. The molecule has 0 amide bonds. The maximum atomic E-state index is 12.6. The van der Waals surface area contributed by atoms with Crippen LogP contribution in [0, 0.1) is 6.92 Å². The zero-order valence-electron chi connectivity index (χ0n) is 10.8. The summed E-state index contributed by atoms with van der Waals surface area (Å²) in [5.41, 5.74) is 1.31. The lowest BCUT2D eigenvalue weighted by molar-refractivity contribution is -0.120. The van der Waals surface area contributed by atoms with Gasteiger partial charge in [0.15, 0.2) is 0 Å². The minimum atomic E-state index is -4.26. The van der Waals surface area contributed by atoms with Crippen LogP contribution in [0.15, 0.2) is 0 Å². The van der Waals surface area contributed by atoms with Crippen molar-refractivity contribution in [2.45, 2.75) is 38.9 Å². The molecule has 1 heterocycles. The van der Waals surface area contributed by atoms with E-state index in [1.165, 1.54) is 9.58 Å². The summed E-state index contributed by atoms with van der Waals surface area (Å²) in [5.74, 6) is 0.589. The standard InChI is InChI=1S/C11H17ClF3N3/c1-7(2)18(6-11(13,14)15)10-9(5-12)8(3)16-17(10)4/h7H,5-6H2,1-4H3. The molecule has 0 N–H and O–H groups in total. The molecule has 1 rings (SSSR count). The molecular weight excluding hydrogens is 267 g/mol. The van der Waals surface area contributed by atoms with Gasteiger partial charge in [0.2, 0.25) is 0 Å². The van der Waals surface area contributed by atoms with Crippen LogP contribution >= 0.6 is 11.6 Å². The lowest BCUT2D eigenvalue weighted by Crippen LogP contribution is -2.40. The molecule has 0 radical (unpaired) electrons. The van der Waals surface area contributed by atoms with Crippen LogP contribution in [0.25, 0.3) is 0 Å². The van der Waals surface area contributed by atoms with E-state index in [4.69, 9.17) is 11.6 Å². The van der Waals surface area contributed by atoms with Crippen LogP contribution in [0.4, 0.5) is 19.0 Å². The van der Waals surface area contributed by atoms with Gasteiger partial charge < -0.3 is 4.90 Å². The number of nitrogens with zero attached hydrogens (tertiary/aromatic N) is 3. The van der Waals surface area contributed by atoms with Crippen molar-refractivity contribution in [3.8, 4) is 0 Å². The molecular formula is C11H17ClF3N3. The average Bonchev–Trinajstić information content (AvgIpc) is 2.47. The number of rotatable bonds is 4. The third kappa shape index (κ3) is 3.31. The summed E-state index contributed by atoms with van der Waals surface area (Å²) in [6, 6.07) is -0.289. The number of halogens is 4. The first kappa shape index (κ1) is 15.1. The molecule has 104 valence electrons. The zero-order chi connectivity index (χ0) is 14.1. The Morgan fingerprint density at radius 2 is 1.94 bits per heavy atom. The smallest absolute Gasteiger partial charge is 0.345 e. The Hall–Kier alpha value is -0.910. The predicted octanol–water partition coefficient (Wildman–Crippen LogP) is 3.24. The van der Waals surface area contributed by atoms with Gasteiger partial charge in [0.05, 0.1) is 11.6 Å². The first-order chi connectivity index (χ1) is 8.17. The van der Waals surface area contributed by atoms with Crippen molar-refractivity contribution in [2.24, 2.45) is 7.05 Å². The van der Waals surface area contributed by atoms with E-state index in [9.17, 15) is 13.2 Å². The molecule has 18 heavy (non-hydrogen) atoms. The van der Waals surface area contributed by atoms with Crippen LogP contribution in [-0.4, -0.2) is 28.5 Å². The Kier molecular flexibility index (Phi) is 4.53. The summed E-state index contributed by atoms with van der Waals surface area (Å²) in [5, 5.41) is 4.14. The number of aryl methyl sites for hydroxylation is 2. The third-order valence-corrected chi connectivity index (χ3v) is 2.96. The third-order valence-electron chi connectivity index (χ3n) is 2.69. The molecule has 1 aromatic rings. The van der Waals surface area contributed by atoms with Crippen LogP contribution in [0.5, 0.6) is 0 Å². The first-order valence-electron chi connectivity index (χ1n) is 5.59. The Balaban J connectivity index is 3.21. The van der Waals surface area contributed by atoms with E-state index >= 15 is 0 Å². The Morgan fingerprint density at radius 3 is 2.33 bits per heavy atom. The van der Waals surface area contributed by atoms with Gasteiger partial charge in [-0.1, -0.05) is 0 Å². The minimum absolute atomic E-state index is 0.149. The van der Waals surface area contributed by atoms with Gasteiger partial charge in [0.25, 0.3) is 0 Å². The molecule has 0 fully saturated rings. The van der Waals surface area contributed by atoms with E-state index in [2.05, 4.69) is 5.10 Å². The summed E-state index contributed by atoms with van der Waals surface area (Å²) >= 11 is 5.81. The number of hydrogen-bond acceptors (Lipinski definition) is 2. The van der Waals surface area contributed by atoms with Crippen LogP contribution in [-0.2, 0) is 12.9 Å². The number of alkyl halides is 4. The molecule has 0 unspecified atom stereocenters. The fourth-order valence-electron chi connectivity index (χ4n) is 1.90. The highest BCUT2D eigenvalue weighted by Gasteiger charge is 2.34. The average molecular weight is 284 g/mol. The van der Waals surface area contributed by atoms with Crippen molar-refractivity contribution in [3.63, 3.8) is 0 Å². The minimum Gasteiger partial charge on any atom is -0.345 e. The Bertz CT molecular complexity index is 412. The second-order valence-corrected chi connectivity index (χ2v) is 4.75. The SMILES string of the molecule is Cc1nn(C)c(N(CC(F)(F)F)C(C)C)c1CCl. The molecule has 0 aromatic carbocycles. The van der Waals surface area contributed by atoms with Gasteiger partial charge in [0, 0.05) is 18.7 Å². The zero-order valence-corrected chi connectivity index (χ0v) is 11.6. The lowest BCUT2D eigenvalue weighted by Gasteiger charge is -2.30. The van der Waals surface area contributed by atoms with E-state index in [0.717, 1.165) is 0 Å². The van der Waals surface area contributed by atoms with Gasteiger partial charge in [-0.3, -0.25) is 4.68 Å². The van der Waals surface area contributed by atoms with Gasteiger partial charge in [-0.15, -0.1) is 11.6 Å². The highest BCUT2D eigenvalue weighted by atomic mass is 35.5. The highest BCUT2D eigenvalue weighted by molar-refractivity contribution is 6.17. The fourth-order valence-corrected chi connectivity index (χ4v) is 2.21. The fraction of sp³-hybridized carbons (Fsp3) is 0.727. The van der Waals surface area contributed by atoms with Crippen LogP contribution in [0.1, 0.15) is 25.1 Å². The van der Waals surface area contributed by atoms with E-state index in [1.807, 2.05) is 0 Å². The van der Waals surface area contributed by atoms with Crippen molar-refractivity contribution < 1.29 is 13.2 Å². The van der Waals surface area contributed by atoms with Gasteiger partial charge in [-0.25, -0.2) is 0 Å². The van der Waals surface area contributed by atoms with Crippen molar-refractivity contribution in [1.82, 2.24) is 9.78 Å². The number of hydrogen-bond donors (Lipinski definition) is 0. The molecule has 0 aliphatic heterocycles. The topological polar surface area (TPSA) is 21.1 Å². The number of anilines is 1. The second kappa shape index (κ2) is 5.38. The van der Waals surface area contributed by atoms with Crippen LogP contribution < -0.4 is 4.90 Å². The van der Waals surface area contributed by atoms with E-state index in [-0.39, 0.29) is 11.9 Å². The van der Waals surface area contributed by atoms with Crippen LogP contribution in [0.2, 0.25) is 0 Å². The quantitative estimate of drug-likeness (QED) is 0.791. The molecule has 3 nitrogen and oxygen atoms in total. The lowest BCUT2D eigenvalue weighted by atomic mass is 10.2. The molecule has 7 heteroatoms. The van der Waals surface area contributed by atoms with Gasteiger partial charge >= 0.3 is 6.18 Å². The normalized spacial score (nSPS) is 12.3. The Labute approximate surface area is 110 Å². The Morgan fingerprint density at radius 1 is 1.39 bits per heavy atom. The molecule has 0 spiro atoms. The van der Waals surface area contributed by atoms with Gasteiger partial charge in [-0.2, -0.15) is 18.3 Å². The molecule has 1 aromatic heterocycles. The maximum absolute atomic E-state index is 12.6. The summed E-state index contributed by atoms with van der Waals surface area (Å²) in [4.78, 5) is 1.28.